The summed E-state index contributed by atoms with van der Waals surface area (Å²) >= 11 is 0. The van der Waals surface area contributed by atoms with Crippen molar-refractivity contribution in [1.29, 1.82) is 0 Å². The Balaban J connectivity index is 1.69. The van der Waals surface area contributed by atoms with Gasteiger partial charge in [-0.1, -0.05) is 0 Å². The number of fused-ring (bicyclic) bond motifs is 5. The van der Waals surface area contributed by atoms with Crippen LogP contribution in [0.15, 0.2) is 24.3 Å². The fourth-order valence-corrected chi connectivity index (χ4v) is 4.42. The van der Waals surface area contributed by atoms with Crippen molar-refractivity contribution in [3.63, 3.8) is 0 Å². The average Bonchev–Trinajstić information content (AvgIpc) is 3.13. The molecule has 0 aromatic heterocycles. The number of aliphatic hydroxyl groups is 2. The van der Waals surface area contributed by atoms with Crippen molar-refractivity contribution in [2.24, 2.45) is 23.7 Å². The Kier molecular flexibility index (Phi) is 2.83. The first-order valence-electron chi connectivity index (χ1n) is 7.42. The van der Waals surface area contributed by atoms with E-state index in [1.165, 1.54) is 4.90 Å². The molecule has 6 heteroatoms. The summed E-state index contributed by atoms with van der Waals surface area (Å²) in [6, 6.07) is 6.74. The van der Waals surface area contributed by atoms with Gasteiger partial charge in [-0.25, -0.2) is 0 Å². The van der Waals surface area contributed by atoms with E-state index in [0.29, 0.717) is 17.9 Å². The summed E-state index contributed by atoms with van der Waals surface area (Å²) < 4.78 is 5.08. The Morgan fingerprint density at radius 2 is 1.50 bits per heavy atom. The minimum atomic E-state index is -0.904. The number of rotatable bonds is 2. The maximum atomic E-state index is 12.7. The summed E-state index contributed by atoms with van der Waals surface area (Å²) in [4.78, 5) is 26.5. The number of benzene rings is 1. The molecular weight excluding hydrogens is 286 g/mol. The molecule has 1 aliphatic heterocycles. The van der Waals surface area contributed by atoms with Crippen molar-refractivity contribution < 1.29 is 24.5 Å². The highest BCUT2D eigenvalue weighted by Crippen LogP contribution is 2.56. The molecule has 2 N–H and O–H groups in total. The summed E-state index contributed by atoms with van der Waals surface area (Å²) in [5.74, 6) is -1.52. The molecule has 2 amide bonds. The molecule has 22 heavy (non-hydrogen) atoms. The monoisotopic (exact) mass is 303 g/mol. The number of hydrogen-bond acceptors (Lipinski definition) is 5. The minimum absolute atomic E-state index is 0.265. The van der Waals surface area contributed by atoms with Crippen LogP contribution in [0.25, 0.3) is 0 Å². The Hall–Kier alpha value is -1.92. The number of hydrogen-bond donors (Lipinski definition) is 2. The van der Waals surface area contributed by atoms with E-state index in [1.54, 1.807) is 31.4 Å². The molecule has 2 bridgehead atoms. The zero-order valence-corrected chi connectivity index (χ0v) is 12.0. The SMILES string of the molecule is COc1ccc(N2C(=O)[C@@H]3[C@H]4C[C@H]([C@H](O)[C@@H]4O)[C@@H]3C2=O)cc1. The van der Waals surface area contributed by atoms with Crippen LogP contribution in [0.1, 0.15) is 6.42 Å². The van der Waals surface area contributed by atoms with Crippen molar-refractivity contribution in [1.82, 2.24) is 0 Å². The summed E-state index contributed by atoms with van der Waals surface area (Å²) in [6.07, 6.45) is -1.26. The quantitative estimate of drug-likeness (QED) is 0.761. The van der Waals surface area contributed by atoms with Gasteiger partial charge >= 0.3 is 0 Å². The molecule has 6 nitrogen and oxygen atoms in total. The van der Waals surface area contributed by atoms with Gasteiger partial charge in [0.1, 0.15) is 5.75 Å². The zero-order chi connectivity index (χ0) is 15.6. The summed E-state index contributed by atoms with van der Waals surface area (Å²) in [5.41, 5.74) is 0.508. The van der Waals surface area contributed by atoms with Crippen LogP contribution in [0.2, 0.25) is 0 Å². The molecular formula is C16H17NO5. The topological polar surface area (TPSA) is 87.1 Å². The molecule has 0 spiro atoms. The van der Waals surface area contributed by atoms with Crippen LogP contribution in [0, 0.1) is 23.7 Å². The third-order valence-electron chi connectivity index (χ3n) is 5.42. The minimum Gasteiger partial charge on any atom is -0.497 e. The second kappa shape index (κ2) is 4.54. The predicted octanol–water partition coefficient (Wildman–Crippen LogP) is 0.172. The van der Waals surface area contributed by atoms with E-state index in [0.717, 1.165) is 0 Å². The van der Waals surface area contributed by atoms with Crippen molar-refractivity contribution >= 4 is 17.5 Å². The average molecular weight is 303 g/mol. The standard InChI is InChI=1S/C16H17NO5/c1-22-8-4-2-7(3-5-8)17-15(20)11-9-6-10(12(11)16(17)21)14(19)13(9)18/h2-5,9-14,18-19H,6H2,1H3/t9-,10+,11-,12+,13-,14+. The summed E-state index contributed by atoms with van der Waals surface area (Å²) in [6.45, 7) is 0. The number of carbonyl (C=O) groups is 2. The van der Waals surface area contributed by atoms with E-state index in [9.17, 15) is 19.8 Å². The molecule has 3 aliphatic rings. The van der Waals surface area contributed by atoms with Gasteiger partial charge in [0.2, 0.25) is 11.8 Å². The van der Waals surface area contributed by atoms with Gasteiger partial charge < -0.3 is 14.9 Å². The van der Waals surface area contributed by atoms with E-state index in [2.05, 4.69) is 0 Å². The van der Waals surface area contributed by atoms with Crippen LogP contribution in [0.3, 0.4) is 0 Å². The lowest BCUT2D eigenvalue weighted by Crippen LogP contribution is -2.43. The van der Waals surface area contributed by atoms with Gasteiger partial charge in [0, 0.05) is 11.8 Å². The molecule has 1 heterocycles. The van der Waals surface area contributed by atoms with Crippen molar-refractivity contribution in [2.75, 3.05) is 12.0 Å². The van der Waals surface area contributed by atoms with Crippen LogP contribution < -0.4 is 9.64 Å². The number of nitrogens with zero attached hydrogens (tertiary/aromatic N) is 1. The van der Waals surface area contributed by atoms with Crippen LogP contribution in [-0.4, -0.2) is 41.3 Å². The number of methoxy groups -OCH3 is 1. The number of imide groups is 1. The Morgan fingerprint density at radius 1 is 1.00 bits per heavy atom. The molecule has 6 atom stereocenters. The zero-order valence-electron chi connectivity index (χ0n) is 12.0. The highest BCUT2D eigenvalue weighted by atomic mass is 16.5. The van der Waals surface area contributed by atoms with Gasteiger partial charge in [0.25, 0.3) is 0 Å². The van der Waals surface area contributed by atoms with Crippen molar-refractivity contribution in [3.05, 3.63) is 24.3 Å². The van der Waals surface area contributed by atoms with E-state index < -0.39 is 24.0 Å². The maximum Gasteiger partial charge on any atom is 0.238 e. The summed E-state index contributed by atoms with van der Waals surface area (Å²) in [7, 11) is 1.55. The van der Waals surface area contributed by atoms with Crippen LogP contribution in [0.5, 0.6) is 5.75 Å². The molecule has 3 fully saturated rings. The second-order valence-corrected chi connectivity index (χ2v) is 6.31. The number of ether oxygens (including phenoxy) is 1. The molecule has 1 saturated heterocycles. The van der Waals surface area contributed by atoms with E-state index in [4.69, 9.17) is 4.74 Å². The lowest BCUT2D eigenvalue weighted by Gasteiger charge is -2.29. The Morgan fingerprint density at radius 3 is 1.95 bits per heavy atom. The molecule has 0 unspecified atom stereocenters. The smallest absolute Gasteiger partial charge is 0.238 e. The number of aliphatic hydroxyl groups excluding tert-OH is 2. The van der Waals surface area contributed by atoms with Crippen molar-refractivity contribution in [2.45, 2.75) is 18.6 Å². The van der Waals surface area contributed by atoms with Gasteiger partial charge in [-0.2, -0.15) is 0 Å². The van der Waals surface area contributed by atoms with E-state index >= 15 is 0 Å². The number of anilines is 1. The third kappa shape index (κ3) is 1.56. The first-order valence-corrected chi connectivity index (χ1v) is 7.42. The fourth-order valence-electron chi connectivity index (χ4n) is 4.42. The normalized spacial score (nSPS) is 39.5. The Labute approximate surface area is 127 Å². The molecule has 4 rings (SSSR count). The lowest BCUT2D eigenvalue weighted by atomic mass is 9.78. The number of carbonyl (C=O) groups excluding carboxylic acids is 2. The molecule has 0 radical (unpaired) electrons. The van der Waals surface area contributed by atoms with Crippen LogP contribution in [-0.2, 0) is 9.59 Å². The van der Waals surface area contributed by atoms with Gasteiger partial charge in [0.05, 0.1) is 36.8 Å². The van der Waals surface area contributed by atoms with Gasteiger partial charge in [-0.15, -0.1) is 0 Å². The van der Waals surface area contributed by atoms with Crippen LogP contribution in [0.4, 0.5) is 5.69 Å². The van der Waals surface area contributed by atoms with E-state index in [-0.39, 0.29) is 23.7 Å². The molecule has 1 aromatic rings. The number of amides is 2. The third-order valence-corrected chi connectivity index (χ3v) is 5.42. The van der Waals surface area contributed by atoms with Gasteiger partial charge in [-0.3, -0.25) is 14.5 Å². The molecule has 2 saturated carbocycles. The predicted molar refractivity (Wildman–Crippen MR) is 76.1 cm³/mol. The lowest BCUT2D eigenvalue weighted by molar-refractivity contribution is -0.129. The molecule has 116 valence electrons. The Bertz CT molecular complexity index is 610. The summed E-state index contributed by atoms with van der Waals surface area (Å²) in [5, 5.41) is 20.0. The van der Waals surface area contributed by atoms with Crippen molar-refractivity contribution in [3.8, 4) is 5.75 Å². The largest absolute Gasteiger partial charge is 0.497 e. The second-order valence-electron chi connectivity index (χ2n) is 6.31. The highest BCUT2D eigenvalue weighted by molar-refractivity contribution is 6.22. The first kappa shape index (κ1) is 13.7. The van der Waals surface area contributed by atoms with E-state index in [1.807, 2.05) is 0 Å². The van der Waals surface area contributed by atoms with Crippen LogP contribution >= 0.6 is 0 Å². The molecule has 2 aliphatic carbocycles. The maximum absolute atomic E-state index is 12.7. The van der Waals surface area contributed by atoms with Gasteiger partial charge in [0.15, 0.2) is 0 Å². The van der Waals surface area contributed by atoms with Gasteiger partial charge in [-0.05, 0) is 30.7 Å². The highest BCUT2D eigenvalue weighted by Gasteiger charge is 2.67. The first-order chi connectivity index (χ1) is 10.5. The molecule has 1 aromatic carbocycles. The fraction of sp³-hybridized carbons (Fsp3) is 0.500.